The third-order valence-electron chi connectivity index (χ3n) is 2.94. The molecule has 0 aliphatic carbocycles. The third-order valence-corrected chi connectivity index (χ3v) is 3.96. The van der Waals surface area contributed by atoms with Crippen LogP contribution in [0.3, 0.4) is 0 Å². The zero-order valence-corrected chi connectivity index (χ0v) is 13.4. The topological polar surface area (TPSA) is 46.4 Å². The number of non-ortho nitro benzene ring substituents is 1. The van der Waals surface area contributed by atoms with Crippen molar-refractivity contribution < 1.29 is 4.92 Å². The average Bonchev–Trinajstić information content (AvgIpc) is 2.49. The molecule has 4 nitrogen and oxygen atoms in total. The highest BCUT2D eigenvalue weighted by atomic mass is 32.2. The monoisotopic (exact) mass is 314 g/mol. The van der Waals surface area contributed by atoms with Crippen molar-refractivity contribution in [3.63, 3.8) is 0 Å². The lowest BCUT2D eigenvalue weighted by molar-refractivity contribution is -0.384. The SMILES string of the molecule is CN(C)CC=Cc1ccc(Sc2ccc([N+](=O)[O-])cc2)cc1. The van der Waals surface area contributed by atoms with Gasteiger partial charge in [-0.15, -0.1) is 0 Å². The van der Waals surface area contributed by atoms with E-state index in [0.29, 0.717) is 0 Å². The van der Waals surface area contributed by atoms with Crippen LogP contribution in [0.5, 0.6) is 0 Å². The molecule has 0 atom stereocenters. The molecule has 0 aromatic heterocycles. The van der Waals surface area contributed by atoms with Gasteiger partial charge in [-0.2, -0.15) is 0 Å². The Morgan fingerprint density at radius 1 is 1.05 bits per heavy atom. The van der Waals surface area contributed by atoms with Crippen LogP contribution in [0.1, 0.15) is 5.56 Å². The summed E-state index contributed by atoms with van der Waals surface area (Å²) in [6.07, 6.45) is 4.22. The Morgan fingerprint density at radius 2 is 1.59 bits per heavy atom. The van der Waals surface area contributed by atoms with Crippen molar-refractivity contribution in [3.8, 4) is 0 Å². The Bertz CT molecular complexity index is 649. The minimum Gasteiger partial charge on any atom is -0.306 e. The van der Waals surface area contributed by atoms with Crippen LogP contribution in [0.15, 0.2) is 64.4 Å². The molecule has 0 bridgehead atoms. The van der Waals surface area contributed by atoms with Crippen molar-refractivity contribution in [2.45, 2.75) is 9.79 Å². The van der Waals surface area contributed by atoms with Crippen molar-refractivity contribution in [1.29, 1.82) is 0 Å². The van der Waals surface area contributed by atoms with Gasteiger partial charge in [0, 0.05) is 28.5 Å². The van der Waals surface area contributed by atoms with E-state index in [1.54, 1.807) is 23.9 Å². The zero-order valence-electron chi connectivity index (χ0n) is 12.6. The standard InChI is InChI=1S/C17H18N2O2S/c1-18(2)13-3-4-14-5-9-16(10-6-14)22-17-11-7-15(8-12-17)19(20)21/h3-12H,13H2,1-2H3. The molecule has 22 heavy (non-hydrogen) atoms. The van der Waals surface area contributed by atoms with E-state index in [-0.39, 0.29) is 10.6 Å². The quantitative estimate of drug-likeness (QED) is 0.588. The Hall–Kier alpha value is -2.11. The number of hydrogen-bond acceptors (Lipinski definition) is 4. The number of hydrogen-bond donors (Lipinski definition) is 0. The van der Waals surface area contributed by atoms with Crippen molar-refractivity contribution >= 4 is 23.5 Å². The first-order valence-electron chi connectivity index (χ1n) is 6.88. The van der Waals surface area contributed by atoms with E-state index in [9.17, 15) is 10.1 Å². The van der Waals surface area contributed by atoms with E-state index in [0.717, 1.165) is 21.9 Å². The normalized spacial score (nSPS) is 11.2. The molecule has 0 saturated carbocycles. The van der Waals surface area contributed by atoms with Gasteiger partial charge in [-0.05, 0) is 43.9 Å². The van der Waals surface area contributed by atoms with Gasteiger partial charge in [0.2, 0.25) is 0 Å². The molecule has 0 aliphatic rings. The maximum Gasteiger partial charge on any atom is 0.269 e. The minimum atomic E-state index is -0.386. The van der Waals surface area contributed by atoms with Crippen LogP contribution >= 0.6 is 11.8 Å². The molecule has 2 rings (SSSR count). The maximum atomic E-state index is 10.6. The van der Waals surface area contributed by atoms with Gasteiger partial charge in [0.05, 0.1) is 4.92 Å². The third kappa shape index (κ3) is 5.02. The maximum absolute atomic E-state index is 10.6. The predicted molar refractivity (Wildman–Crippen MR) is 91.2 cm³/mol. The molecule has 0 spiro atoms. The predicted octanol–water partition coefficient (Wildman–Crippen LogP) is 4.32. The molecular formula is C17H18N2O2S. The van der Waals surface area contributed by atoms with Gasteiger partial charge < -0.3 is 4.90 Å². The molecule has 0 fully saturated rings. The molecule has 114 valence electrons. The molecule has 0 aliphatic heterocycles. The summed E-state index contributed by atoms with van der Waals surface area (Å²) in [6, 6.07) is 14.9. The molecule has 0 amide bonds. The van der Waals surface area contributed by atoms with Crippen molar-refractivity contribution in [1.82, 2.24) is 4.90 Å². The van der Waals surface area contributed by atoms with E-state index < -0.39 is 0 Å². The molecule has 0 N–H and O–H groups in total. The van der Waals surface area contributed by atoms with Gasteiger partial charge in [-0.25, -0.2) is 0 Å². The summed E-state index contributed by atoms with van der Waals surface area (Å²) >= 11 is 1.59. The Kier molecular flexibility index (Phi) is 5.75. The molecule has 0 heterocycles. The molecule has 0 radical (unpaired) electrons. The van der Waals surface area contributed by atoms with Crippen LogP contribution in [0.25, 0.3) is 6.08 Å². The first kappa shape index (κ1) is 16.3. The summed E-state index contributed by atoms with van der Waals surface area (Å²) in [5.41, 5.74) is 1.28. The van der Waals surface area contributed by atoms with Gasteiger partial charge in [0.15, 0.2) is 0 Å². The highest BCUT2D eigenvalue weighted by Gasteiger charge is 2.04. The first-order valence-corrected chi connectivity index (χ1v) is 7.70. The molecule has 0 saturated heterocycles. The molecule has 5 heteroatoms. The number of rotatable bonds is 6. The lowest BCUT2D eigenvalue weighted by atomic mass is 10.2. The molecule has 2 aromatic carbocycles. The minimum absolute atomic E-state index is 0.116. The average molecular weight is 314 g/mol. The highest BCUT2D eigenvalue weighted by molar-refractivity contribution is 7.99. The van der Waals surface area contributed by atoms with Crippen molar-refractivity contribution in [2.75, 3.05) is 20.6 Å². The van der Waals surface area contributed by atoms with Gasteiger partial charge in [-0.3, -0.25) is 10.1 Å². The van der Waals surface area contributed by atoms with E-state index in [2.05, 4.69) is 41.3 Å². The summed E-state index contributed by atoms with van der Waals surface area (Å²) in [5.74, 6) is 0. The largest absolute Gasteiger partial charge is 0.306 e. The molecule has 0 unspecified atom stereocenters. The molecular weight excluding hydrogens is 296 g/mol. The fraction of sp³-hybridized carbons (Fsp3) is 0.176. The molecule has 2 aromatic rings. The van der Waals surface area contributed by atoms with Crippen molar-refractivity contribution in [3.05, 3.63) is 70.3 Å². The van der Waals surface area contributed by atoms with E-state index in [4.69, 9.17) is 0 Å². The fourth-order valence-electron chi connectivity index (χ4n) is 1.82. The van der Waals surface area contributed by atoms with E-state index in [1.165, 1.54) is 12.1 Å². The zero-order chi connectivity index (χ0) is 15.9. The summed E-state index contributed by atoms with van der Waals surface area (Å²) in [4.78, 5) is 14.4. The Labute approximate surface area is 134 Å². The van der Waals surface area contributed by atoms with Gasteiger partial charge >= 0.3 is 0 Å². The lowest BCUT2D eigenvalue weighted by Gasteiger charge is -2.04. The number of likely N-dealkylation sites (N-methyl/N-ethyl adjacent to an activating group) is 1. The second-order valence-corrected chi connectivity index (χ2v) is 6.23. The van der Waals surface area contributed by atoms with Crippen LogP contribution in [0.2, 0.25) is 0 Å². The van der Waals surface area contributed by atoms with Crippen LogP contribution in [-0.2, 0) is 0 Å². The summed E-state index contributed by atoms with van der Waals surface area (Å²) < 4.78 is 0. The summed E-state index contributed by atoms with van der Waals surface area (Å²) in [5, 5.41) is 10.6. The van der Waals surface area contributed by atoms with Crippen LogP contribution in [0, 0.1) is 10.1 Å². The van der Waals surface area contributed by atoms with Gasteiger partial charge in [0.1, 0.15) is 0 Å². The fourth-order valence-corrected chi connectivity index (χ4v) is 2.64. The van der Waals surface area contributed by atoms with E-state index >= 15 is 0 Å². The highest BCUT2D eigenvalue weighted by Crippen LogP contribution is 2.29. The number of nitrogens with zero attached hydrogens (tertiary/aromatic N) is 2. The van der Waals surface area contributed by atoms with Gasteiger partial charge in [0.25, 0.3) is 5.69 Å². The Balaban J connectivity index is 1.98. The second-order valence-electron chi connectivity index (χ2n) is 5.09. The van der Waals surface area contributed by atoms with Crippen LogP contribution in [0.4, 0.5) is 5.69 Å². The van der Waals surface area contributed by atoms with Crippen molar-refractivity contribution in [2.24, 2.45) is 0 Å². The Morgan fingerprint density at radius 3 is 2.09 bits per heavy atom. The summed E-state index contributed by atoms with van der Waals surface area (Å²) in [6.45, 7) is 0.916. The summed E-state index contributed by atoms with van der Waals surface area (Å²) in [7, 11) is 4.07. The van der Waals surface area contributed by atoms with E-state index in [1.807, 2.05) is 14.1 Å². The van der Waals surface area contributed by atoms with Gasteiger partial charge in [-0.1, -0.05) is 36.0 Å². The number of nitro groups is 1. The second kappa shape index (κ2) is 7.77. The van der Waals surface area contributed by atoms with Crippen LogP contribution < -0.4 is 0 Å². The smallest absolute Gasteiger partial charge is 0.269 e. The lowest BCUT2D eigenvalue weighted by Crippen LogP contribution is -2.10. The first-order chi connectivity index (χ1) is 10.5. The number of nitro benzene ring substituents is 1. The number of benzene rings is 2. The van der Waals surface area contributed by atoms with Crippen LogP contribution in [-0.4, -0.2) is 30.5 Å².